The Kier molecular flexibility index (Phi) is 5.08. The van der Waals surface area contributed by atoms with E-state index in [1.165, 1.54) is 4.90 Å². The third kappa shape index (κ3) is 3.20. The van der Waals surface area contributed by atoms with Crippen LogP contribution in [0.2, 0.25) is 5.82 Å². The molecule has 1 unspecified atom stereocenters. The molecule has 6 nitrogen and oxygen atoms in total. The molecule has 0 spiro atoms. The zero-order chi connectivity index (χ0) is 18.4. The number of carbonyl (C=O) groups excluding carboxylic acids is 2. The van der Waals surface area contributed by atoms with E-state index in [9.17, 15) is 9.59 Å². The van der Waals surface area contributed by atoms with Gasteiger partial charge in [-0.25, -0.2) is 9.69 Å². The van der Waals surface area contributed by atoms with Gasteiger partial charge in [-0.3, -0.25) is 4.79 Å². The summed E-state index contributed by atoms with van der Waals surface area (Å²) in [4.78, 5) is 26.2. The van der Waals surface area contributed by atoms with Crippen molar-refractivity contribution in [1.29, 1.82) is 0 Å². The Balaban J connectivity index is 2.12. The average molecular weight is 339 g/mol. The lowest BCUT2D eigenvalue weighted by atomic mass is 9.66. The molecule has 2 amide bonds. The van der Waals surface area contributed by atoms with Crippen LogP contribution < -0.4 is 0 Å². The van der Waals surface area contributed by atoms with Crippen molar-refractivity contribution >= 4 is 19.1 Å². The SMILES string of the molecule is CC(C)[C@H]1COC(=O)N1C(=O)[C@H](C)C(C)B1OC(C)(C)C(C)(C)O1. The van der Waals surface area contributed by atoms with Gasteiger partial charge in [0.2, 0.25) is 5.91 Å². The molecule has 2 aliphatic rings. The molecule has 2 aliphatic heterocycles. The highest BCUT2D eigenvalue weighted by atomic mass is 16.7. The summed E-state index contributed by atoms with van der Waals surface area (Å²) in [5.41, 5.74) is -0.885. The summed E-state index contributed by atoms with van der Waals surface area (Å²) in [5, 5.41) is 0. The number of nitrogens with zero attached hydrogens (tertiary/aromatic N) is 1. The van der Waals surface area contributed by atoms with Crippen molar-refractivity contribution < 1.29 is 23.6 Å². The smallest absolute Gasteiger partial charge is 0.447 e. The standard InChI is InChI=1S/C17H30BNO5/c1-10(2)13-9-22-15(21)19(13)14(20)11(3)12(4)18-23-16(5,6)17(7,8)24-18/h10-13H,9H2,1-8H3/t11-,12?,13-/m1/s1. The normalized spacial score (nSPS) is 28.2. The lowest BCUT2D eigenvalue weighted by Crippen LogP contribution is -2.46. The Labute approximate surface area is 145 Å². The molecule has 0 aliphatic carbocycles. The molecular weight excluding hydrogens is 309 g/mol. The predicted octanol–water partition coefficient (Wildman–Crippen LogP) is 3.11. The van der Waals surface area contributed by atoms with Crippen molar-refractivity contribution in [1.82, 2.24) is 4.90 Å². The molecule has 0 aromatic heterocycles. The molecule has 2 heterocycles. The number of hydrogen-bond donors (Lipinski definition) is 0. The predicted molar refractivity (Wildman–Crippen MR) is 91.5 cm³/mol. The summed E-state index contributed by atoms with van der Waals surface area (Å²) < 4.78 is 17.2. The van der Waals surface area contributed by atoms with Gasteiger partial charge in [0, 0.05) is 11.7 Å². The summed E-state index contributed by atoms with van der Waals surface area (Å²) in [5.74, 6) is -0.662. The van der Waals surface area contributed by atoms with E-state index in [1.807, 2.05) is 55.4 Å². The van der Waals surface area contributed by atoms with Crippen LogP contribution in [0.5, 0.6) is 0 Å². The maximum Gasteiger partial charge on any atom is 0.461 e. The van der Waals surface area contributed by atoms with Crippen LogP contribution in [0.25, 0.3) is 0 Å². The third-order valence-corrected chi connectivity index (χ3v) is 5.79. The molecule has 0 aromatic carbocycles. The molecule has 136 valence electrons. The minimum absolute atomic E-state index is 0.153. The van der Waals surface area contributed by atoms with Gasteiger partial charge in [0.05, 0.1) is 17.2 Å². The van der Waals surface area contributed by atoms with Gasteiger partial charge < -0.3 is 14.0 Å². The number of amides is 2. The van der Waals surface area contributed by atoms with E-state index >= 15 is 0 Å². The average Bonchev–Trinajstić information content (AvgIpc) is 2.94. The number of hydrogen-bond acceptors (Lipinski definition) is 5. The summed E-state index contributed by atoms with van der Waals surface area (Å²) >= 11 is 0. The Hall–Kier alpha value is -1.08. The van der Waals surface area contributed by atoms with Gasteiger partial charge in [-0.2, -0.15) is 0 Å². The Morgan fingerprint density at radius 2 is 1.62 bits per heavy atom. The maximum absolute atomic E-state index is 12.9. The van der Waals surface area contributed by atoms with Gasteiger partial charge >= 0.3 is 13.2 Å². The minimum atomic E-state index is -0.549. The topological polar surface area (TPSA) is 65.1 Å². The molecule has 0 radical (unpaired) electrons. The molecule has 0 aromatic rings. The number of ether oxygens (including phenoxy) is 1. The molecule has 0 saturated carbocycles. The molecule has 7 heteroatoms. The van der Waals surface area contributed by atoms with Gasteiger partial charge in [0.25, 0.3) is 0 Å². The van der Waals surface area contributed by atoms with E-state index in [-0.39, 0.29) is 30.3 Å². The molecule has 3 atom stereocenters. The van der Waals surface area contributed by atoms with E-state index in [0.29, 0.717) is 0 Å². The van der Waals surface area contributed by atoms with Crippen LogP contribution in [0.1, 0.15) is 55.4 Å². The van der Waals surface area contributed by atoms with Crippen LogP contribution in [-0.2, 0) is 18.8 Å². The monoisotopic (exact) mass is 339 g/mol. The van der Waals surface area contributed by atoms with E-state index in [4.69, 9.17) is 14.0 Å². The van der Waals surface area contributed by atoms with E-state index in [1.54, 1.807) is 0 Å². The van der Waals surface area contributed by atoms with Crippen LogP contribution in [-0.4, -0.2) is 47.9 Å². The van der Waals surface area contributed by atoms with Crippen LogP contribution in [0, 0.1) is 11.8 Å². The first-order valence-electron chi connectivity index (χ1n) is 8.74. The van der Waals surface area contributed by atoms with Crippen molar-refractivity contribution in [2.75, 3.05) is 6.61 Å². The first-order valence-corrected chi connectivity index (χ1v) is 8.74. The molecule has 24 heavy (non-hydrogen) atoms. The largest absolute Gasteiger partial charge is 0.461 e. The fourth-order valence-electron chi connectivity index (χ4n) is 2.96. The Morgan fingerprint density at radius 1 is 1.12 bits per heavy atom. The number of rotatable bonds is 4. The van der Waals surface area contributed by atoms with Crippen molar-refractivity contribution in [3.63, 3.8) is 0 Å². The van der Waals surface area contributed by atoms with Crippen LogP contribution in [0.4, 0.5) is 4.79 Å². The van der Waals surface area contributed by atoms with E-state index in [2.05, 4.69) is 0 Å². The Morgan fingerprint density at radius 3 is 2.08 bits per heavy atom. The van der Waals surface area contributed by atoms with E-state index < -0.39 is 30.3 Å². The fourth-order valence-corrected chi connectivity index (χ4v) is 2.96. The Bertz CT molecular complexity index is 503. The summed E-state index contributed by atoms with van der Waals surface area (Å²) in [6, 6.07) is -0.210. The third-order valence-electron chi connectivity index (χ3n) is 5.79. The van der Waals surface area contributed by atoms with E-state index in [0.717, 1.165) is 0 Å². The van der Waals surface area contributed by atoms with Crippen molar-refractivity contribution in [3.05, 3.63) is 0 Å². The second-order valence-electron chi connectivity index (χ2n) is 8.37. The first kappa shape index (κ1) is 19.3. The van der Waals surface area contributed by atoms with Crippen LogP contribution in [0.3, 0.4) is 0 Å². The molecule has 2 fully saturated rings. The quantitative estimate of drug-likeness (QED) is 0.737. The van der Waals surface area contributed by atoms with Gasteiger partial charge in [-0.1, -0.05) is 27.7 Å². The van der Waals surface area contributed by atoms with Gasteiger partial charge in [0.15, 0.2) is 0 Å². The molecule has 0 bridgehead atoms. The zero-order valence-corrected chi connectivity index (χ0v) is 16.1. The zero-order valence-electron chi connectivity index (χ0n) is 16.1. The van der Waals surface area contributed by atoms with Gasteiger partial charge in [-0.05, 0) is 33.6 Å². The molecule has 0 N–H and O–H groups in total. The lowest BCUT2D eigenvalue weighted by Gasteiger charge is -2.32. The van der Waals surface area contributed by atoms with Gasteiger partial charge in [0.1, 0.15) is 6.61 Å². The molecule has 2 rings (SSSR count). The molecule has 2 saturated heterocycles. The minimum Gasteiger partial charge on any atom is -0.447 e. The van der Waals surface area contributed by atoms with Gasteiger partial charge in [-0.15, -0.1) is 0 Å². The highest BCUT2D eigenvalue weighted by Gasteiger charge is 2.55. The summed E-state index contributed by atoms with van der Waals surface area (Å²) in [6.07, 6.45) is -0.549. The number of imide groups is 1. The highest BCUT2D eigenvalue weighted by molar-refractivity contribution is 6.48. The van der Waals surface area contributed by atoms with Crippen LogP contribution in [0.15, 0.2) is 0 Å². The second-order valence-corrected chi connectivity index (χ2v) is 8.37. The number of carbonyl (C=O) groups is 2. The van der Waals surface area contributed by atoms with Crippen molar-refractivity contribution in [2.45, 2.75) is 78.5 Å². The summed E-state index contributed by atoms with van der Waals surface area (Å²) in [6.45, 7) is 15.9. The summed E-state index contributed by atoms with van der Waals surface area (Å²) in [7, 11) is -0.481. The number of cyclic esters (lactones) is 1. The molecular formula is C17H30BNO5. The lowest BCUT2D eigenvalue weighted by molar-refractivity contribution is -0.133. The van der Waals surface area contributed by atoms with Crippen molar-refractivity contribution in [3.8, 4) is 0 Å². The highest BCUT2D eigenvalue weighted by Crippen LogP contribution is 2.42. The van der Waals surface area contributed by atoms with Crippen LogP contribution >= 0.6 is 0 Å². The first-order chi connectivity index (χ1) is 10.9. The second kappa shape index (κ2) is 6.34. The maximum atomic E-state index is 12.9. The fraction of sp³-hybridized carbons (Fsp3) is 0.882. The van der Waals surface area contributed by atoms with Crippen molar-refractivity contribution in [2.24, 2.45) is 11.8 Å².